The maximum atomic E-state index is 10.2. The van der Waals surface area contributed by atoms with Crippen molar-refractivity contribution in [2.24, 2.45) is 5.73 Å². The first-order chi connectivity index (χ1) is 9.26. The molecule has 2 aromatic rings. The summed E-state index contributed by atoms with van der Waals surface area (Å²) in [6.07, 6.45) is 0.463. The van der Waals surface area contributed by atoms with Crippen molar-refractivity contribution in [1.29, 1.82) is 0 Å². The molecule has 2 unspecified atom stereocenters. The molecule has 19 heavy (non-hydrogen) atoms. The summed E-state index contributed by atoms with van der Waals surface area (Å²) in [5.74, 6) is -0.0582. The molecule has 0 aromatic heterocycles. The van der Waals surface area contributed by atoms with Crippen LogP contribution in [-0.2, 0) is 6.42 Å². The third-order valence-corrected chi connectivity index (χ3v) is 3.53. The fourth-order valence-electron chi connectivity index (χ4n) is 2.39. The van der Waals surface area contributed by atoms with Crippen molar-refractivity contribution in [2.45, 2.75) is 25.4 Å². The number of nitrogens with two attached hydrogens (primary N) is 1. The van der Waals surface area contributed by atoms with E-state index in [-0.39, 0.29) is 12.5 Å². The predicted octanol–water partition coefficient (Wildman–Crippen LogP) is 2.70. The molecule has 0 aliphatic carbocycles. The Morgan fingerprint density at radius 3 is 2.05 bits per heavy atom. The van der Waals surface area contributed by atoms with E-state index < -0.39 is 6.10 Å². The summed E-state index contributed by atoms with van der Waals surface area (Å²) in [4.78, 5) is 0. The van der Waals surface area contributed by atoms with E-state index in [0.29, 0.717) is 0 Å². The van der Waals surface area contributed by atoms with Crippen molar-refractivity contribution < 1.29 is 5.11 Å². The molecule has 0 bridgehead atoms. The number of benzene rings is 2. The maximum Gasteiger partial charge on any atom is 0.0771 e. The molecule has 2 rings (SSSR count). The van der Waals surface area contributed by atoms with Crippen molar-refractivity contribution in [1.82, 2.24) is 0 Å². The van der Waals surface area contributed by atoms with Gasteiger partial charge >= 0.3 is 0 Å². The molecule has 2 atom stereocenters. The van der Waals surface area contributed by atoms with Gasteiger partial charge in [0.05, 0.1) is 6.10 Å². The zero-order valence-corrected chi connectivity index (χ0v) is 11.3. The average Bonchev–Trinajstić information content (AvgIpc) is 2.49. The molecule has 0 saturated heterocycles. The number of aryl methyl sites for hydroxylation is 1. The summed E-state index contributed by atoms with van der Waals surface area (Å²) in [6.45, 7) is 2.40. The maximum absolute atomic E-state index is 10.2. The highest BCUT2D eigenvalue weighted by molar-refractivity contribution is 5.35. The molecule has 0 amide bonds. The van der Waals surface area contributed by atoms with Gasteiger partial charge in [0.1, 0.15) is 0 Å². The van der Waals surface area contributed by atoms with Gasteiger partial charge in [-0.15, -0.1) is 0 Å². The third kappa shape index (κ3) is 3.22. The van der Waals surface area contributed by atoms with E-state index in [1.807, 2.05) is 30.3 Å². The second-order valence-electron chi connectivity index (χ2n) is 4.79. The third-order valence-electron chi connectivity index (χ3n) is 3.53. The fraction of sp³-hybridized carbons (Fsp3) is 0.294. The SMILES string of the molecule is CCc1ccc(C(c2ccccc2)C(O)CN)cc1. The van der Waals surface area contributed by atoms with E-state index in [9.17, 15) is 5.11 Å². The van der Waals surface area contributed by atoms with Gasteiger partial charge in [-0.05, 0) is 23.1 Å². The first kappa shape index (κ1) is 13.8. The Balaban J connectivity index is 2.37. The minimum absolute atomic E-state index is 0.0582. The molecular formula is C17H21NO. The molecule has 0 heterocycles. The molecule has 0 spiro atoms. The first-order valence-corrected chi connectivity index (χ1v) is 6.78. The molecule has 2 nitrogen and oxygen atoms in total. The predicted molar refractivity (Wildman–Crippen MR) is 79.2 cm³/mol. The summed E-state index contributed by atoms with van der Waals surface area (Å²) in [6, 6.07) is 18.5. The number of aliphatic hydroxyl groups excluding tert-OH is 1. The van der Waals surface area contributed by atoms with E-state index in [1.54, 1.807) is 0 Å². The van der Waals surface area contributed by atoms with Gasteiger partial charge in [0.2, 0.25) is 0 Å². The Hall–Kier alpha value is -1.64. The van der Waals surface area contributed by atoms with E-state index >= 15 is 0 Å². The number of hydrogen-bond donors (Lipinski definition) is 2. The van der Waals surface area contributed by atoms with Crippen LogP contribution in [-0.4, -0.2) is 17.8 Å². The highest BCUT2D eigenvalue weighted by Crippen LogP contribution is 2.28. The molecule has 3 N–H and O–H groups in total. The van der Waals surface area contributed by atoms with Crippen LogP contribution in [0.25, 0.3) is 0 Å². The van der Waals surface area contributed by atoms with Crippen LogP contribution in [0.4, 0.5) is 0 Å². The average molecular weight is 255 g/mol. The monoisotopic (exact) mass is 255 g/mol. The molecular weight excluding hydrogens is 234 g/mol. The summed E-state index contributed by atoms with van der Waals surface area (Å²) in [5.41, 5.74) is 9.17. The van der Waals surface area contributed by atoms with Crippen LogP contribution in [0.3, 0.4) is 0 Å². The molecule has 0 fully saturated rings. The van der Waals surface area contributed by atoms with Crippen LogP contribution < -0.4 is 5.73 Å². The van der Waals surface area contributed by atoms with Gasteiger partial charge in [0, 0.05) is 12.5 Å². The Labute approximate surface area is 114 Å². The molecule has 0 aliphatic rings. The van der Waals surface area contributed by atoms with E-state index in [2.05, 4.69) is 31.2 Å². The van der Waals surface area contributed by atoms with Crippen LogP contribution in [0.15, 0.2) is 54.6 Å². The Kier molecular flexibility index (Phi) is 4.72. The lowest BCUT2D eigenvalue weighted by molar-refractivity contribution is 0.164. The highest BCUT2D eigenvalue weighted by atomic mass is 16.3. The Morgan fingerprint density at radius 2 is 1.53 bits per heavy atom. The van der Waals surface area contributed by atoms with Crippen molar-refractivity contribution in [3.05, 3.63) is 71.3 Å². The quantitative estimate of drug-likeness (QED) is 0.863. The summed E-state index contributed by atoms with van der Waals surface area (Å²) in [5, 5.41) is 10.2. The van der Waals surface area contributed by atoms with Gasteiger partial charge in [0.15, 0.2) is 0 Å². The zero-order valence-electron chi connectivity index (χ0n) is 11.3. The second-order valence-corrected chi connectivity index (χ2v) is 4.79. The van der Waals surface area contributed by atoms with Crippen LogP contribution in [0.1, 0.15) is 29.5 Å². The largest absolute Gasteiger partial charge is 0.391 e. The van der Waals surface area contributed by atoms with E-state index in [1.165, 1.54) is 5.56 Å². The first-order valence-electron chi connectivity index (χ1n) is 6.78. The molecule has 0 saturated carbocycles. The van der Waals surface area contributed by atoms with Crippen LogP contribution in [0, 0.1) is 0 Å². The van der Waals surface area contributed by atoms with Crippen molar-refractivity contribution in [3.8, 4) is 0 Å². The van der Waals surface area contributed by atoms with Gasteiger partial charge in [-0.2, -0.15) is 0 Å². The molecule has 0 radical (unpaired) electrons. The summed E-state index contributed by atoms with van der Waals surface area (Å²) < 4.78 is 0. The Morgan fingerprint density at radius 1 is 0.947 bits per heavy atom. The second kappa shape index (κ2) is 6.50. The van der Waals surface area contributed by atoms with Crippen LogP contribution in [0.2, 0.25) is 0 Å². The van der Waals surface area contributed by atoms with Crippen molar-refractivity contribution >= 4 is 0 Å². The lowest BCUT2D eigenvalue weighted by atomic mass is 9.86. The number of hydrogen-bond acceptors (Lipinski definition) is 2. The standard InChI is InChI=1S/C17H21NO/c1-2-13-8-10-15(11-9-13)17(16(19)12-18)14-6-4-3-5-7-14/h3-11,16-17,19H,2,12,18H2,1H3. The van der Waals surface area contributed by atoms with Crippen molar-refractivity contribution in [2.75, 3.05) is 6.54 Å². The van der Waals surface area contributed by atoms with E-state index in [4.69, 9.17) is 5.73 Å². The zero-order chi connectivity index (χ0) is 13.7. The van der Waals surface area contributed by atoms with Crippen molar-refractivity contribution in [3.63, 3.8) is 0 Å². The topological polar surface area (TPSA) is 46.2 Å². The van der Waals surface area contributed by atoms with Gasteiger partial charge in [-0.3, -0.25) is 0 Å². The van der Waals surface area contributed by atoms with Crippen LogP contribution >= 0.6 is 0 Å². The Bertz CT molecular complexity index is 492. The summed E-state index contributed by atoms with van der Waals surface area (Å²) >= 11 is 0. The van der Waals surface area contributed by atoms with E-state index in [0.717, 1.165) is 17.5 Å². The number of aliphatic hydroxyl groups is 1. The van der Waals surface area contributed by atoms with Gasteiger partial charge < -0.3 is 10.8 Å². The highest BCUT2D eigenvalue weighted by Gasteiger charge is 2.21. The lowest BCUT2D eigenvalue weighted by Gasteiger charge is -2.23. The fourth-order valence-corrected chi connectivity index (χ4v) is 2.39. The molecule has 0 aliphatic heterocycles. The smallest absolute Gasteiger partial charge is 0.0771 e. The van der Waals surface area contributed by atoms with Gasteiger partial charge in [0.25, 0.3) is 0 Å². The molecule has 100 valence electrons. The normalized spacial score (nSPS) is 14.1. The lowest BCUT2D eigenvalue weighted by Crippen LogP contribution is -2.28. The van der Waals surface area contributed by atoms with Gasteiger partial charge in [-0.25, -0.2) is 0 Å². The molecule has 2 aromatic carbocycles. The number of rotatable bonds is 5. The minimum atomic E-state index is -0.560. The minimum Gasteiger partial charge on any atom is -0.391 e. The molecule has 2 heteroatoms. The van der Waals surface area contributed by atoms with Crippen LogP contribution in [0.5, 0.6) is 0 Å². The van der Waals surface area contributed by atoms with Gasteiger partial charge in [-0.1, -0.05) is 61.5 Å². The summed E-state index contributed by atoms with van der Waals surface area (Å²) in [7, 11) is 0.